The van der Waals surface area contributed by atoms with Gasteiger partial charge in [-0.1, -0.05) is 103 Å². The van der Waals surface area contributed by atoms with Crippen LogP contribution in [0.3, 0.4) is 0 Å². The number of quaternary nitrogens is 1. The molecule has 1 unspecified atom stereocenters. The van der Waals surface area contributed by atoms with Gasteiger partial charge in [-0.25, -0.2) is 0 Å². The van der Waals surface area contributed by atoms with Crippen molar-refractivity contribution in [3.8, 4) is 12.3 Å². The zero-order chi connectivity index (χ0) is 24.3. The molecule has 1 heterocycles. The molecular weight excluding hydrogens is 433 g/mol. The molecule has 1 atom stereocenters. The molecule has 6 heteroatoms. The fraction of sp³-hybridized carbons (Fsp3) is 0.926. The number of likely N-dealkylation sites (tertiary alicyclic amines) is 1. The van der Waals surface area contributed by atoms with Crippen LogP contribution in [0.2, 0.25) is 0 Å². The second-order valence-electron chi connectivity index (χ2n) is 10.3. The van der Waals surface area contributed by atoms with Crippen molar-refractivity contribution in [1.29, 1.82) is 0 Å². The summed E-state index contributed by atoms with van der Waals surface area (Å²) in [4.78, 5) is 12.1. The number of rotatable bonds is 21. The summed E-state index contributed by atoms with van der Waals surface area (Å²) < 4.78 is 23.3. The van der Waals surface area contributed by atoms with Crippen molar-refractivity contribution in [2.24, 2.45) is 0 Å². The quantitative estimate of drug-likeness (QED) is 0.0761. The van der Waals surface area contributed by atoms with Gasteiger partial charge in [-0.05, 0) is 12.3 Å². The number of unbranched alkanes of at least 4 members (excludes halogenated alkanes) is 15. The molecule has 0 N–H and O–H groups in total. The van der Waals surface area contributed by atoms with Gasteiger partial charge in [-0.3, -0.25) is 4.57 Å². The van der Waals surface area contributed by atoms with Crippen molar-refractivity contribution in [3.63, 3.8) is 0 Å². The molecule has 1 saturated heterocycles. The Morgan fingerprint density at radius 3 is 1.70 bits per heavy atom. The van der Waals surface area contributed by atoms with Gasteiger partial charge in [0.1, 0.15) is 6.54 Å². The van der Waals surface area contributed by atoms with Crippen molar-refractivity contribution < 1.29 is 23.0 Å². The first kappa shape index (κ1) is 30.7. The largest absolute Gasteiger partial charge is 0.756 e. The summed E-state index contributed by atoms with van der Waals surface area (Å²) in [5.74, 6) is 2.71. The first-order chi connectivity index (χ1) is 15.9. The number of phosphoric ester groups is 1. The molecular formula is C27H52NO4P. The maximum atomic E-state index is 12.1. The van der Waals surface area contributed by atoms with E-state index >= 15 is 0 Å². The molecule has 0 aromatic heterocycles. The lowest BCUT2D eigenvalue weighted by Gasteiger charge is -2.40. The standard InChI is InChI=1S/C27H52NO4P/c1-4-6-7-8-9-10-11-12-13-14-15-16-17-18-19-20-26-31-33(29,30)32-27-21-24-28(3,23-5-2)25-22-27/h2,27H,4,6-26H2,1,3H3. The Hall–Kier alpha value is -0.370. The van der Waals surface area contributed by atoms with Gasteiger partial charge in [0.15, 0.2) is 0 Å². The van der Waals surface area contributed by atoms with Crippen LogP contribution in [0.25, 0.3) is 0 Å². The van der Waals surface area contributed by atoms with Gasteiger partial charge in [0.05, 0.1) is 32.8 Å². The van der Waals surface area contributed by atoms with E-state index in [4.69, 9.17) is 15.5 Å². The van der Waals surface area contributed by atoms with Gasteiger partial charge in [0, 0.05) is 12.8 Å². The molecule has 0 aromatic carbocycles. The summed E-state index contributed by atoms with van der Waals surface area (Å²) in [5, 5.41) is 0. The minimum absolute atomic E-state index is 0.233. The first-order valence-corrected chi connectivity index (χ1v) is 15.3. The van der Waals surface area contributed by atoms with E-state index in [9.17, 15) is 9.46 Å². The molecule has 1 aliphatic rings. The second-order valence-corrected chi connectivity index (χ2v) is 11.7. The van der Waals surface area contributed by atoms with Crippen LogP contribution in [-0.4, -0.2) is 43.9 Å². The van der Waals surface area contributed by atoms with Gasteiger partial charge < -0.3 is 18.4 Å². The third kappa shape index (κ3) is 16.8. The van der Waals surface area contributed by atoms with Gasteiger partial charge in [-0.2, -0.15) is 0 Å². The number of terminal acetylenes is 1. The van der Waals surface area contributed by atoms with Crippen LogP contribution in [-0.2, 0) is 13.6 Å². The van der Waals surface area contributed by atoms with Crippen molar-refractivity contribution in [3.05, 3.63) is 0 Å². The SMILES string of the molecule is C#CC[N+]1(C)CCC(OP(=O)([O-])OCCCCCCCCCCCCCCCCCC)CC1. The summed E-state index contributed by atoms with van der Waals surface area (Å²) >= 11 is 0. The number of hydrogen-bond acceptors (Lipinski definition) is 4. The molecule has 33 heavy (non-hydrogen) atoms. The fourth-order valence-electron chi connectivity index (χ4n) is 4.69. The van der Waals surface area contributed by atoms with E-state index in [1.54, 1.807) is 0 Å². The molecule has 0 amide bonds. The first-order valence-electron chi connectivity index (χ1n) is 13.8. The van der Waals surface area contributed by atoms with Crippen molar-refractivity contribution >= 4 is 7.82 Å². The van der Waals surface area contributed by atoms with Crippen LogP contribution in [0.4, 0.5) is 0 Å². The number of piperidine rings is 1. The smallest absolute Gasteiger partial charge is 0.268 e. The average Bonchev–Trinajstić information content (AvgIpc) is 2.77. The predicted octanol–water partition coefficient (Wildman–Crippen LogP) is 6.99. The highest BCUT2D eigenvalue weighted by atomic mass is 31.2. The van der Waals surface area contributed by atoms with Gasteiger partial charge in [0.25, 0.3) is 7.82 Å². The van der Waals surface area contributed by atoms with Gasteiger partial charge >= 0.3 is 0 Å². The minimum atomic E-state index is -4.21. The van der Waals surface area contributed by atoms with E-state index in [0.29, 0.717) is 19.4 Å². The summed E-state index contributed by atoms with van der Waals surface area (Å²) in [6.07, 6.45) is 27.3. The molecule has 194 valence electrons. The molecule has 0 saturated carbocycles. The van der Waals surface area contributed by atoms with Crippen LogP contribution in [0.15, 0.2) is 0 Å². The number of hydrogen-bond donors (Lipinski definition) is 0. The third-order valence-electron chi connectivity index (χ3n) is 6.98. The van der Waals surface area contributed by atoms with E-state index in [-0.39, 0.29) is 12.7 Å². The molecule has 0 aromatic rings. The molecule has 0 aliphatic carbocycles. The zero-order valence-corrected chi connectivity index (χ0v) is 22.6. The van der Waals surface area contributed by atoms with E-state index in [0.717, 1.165) is 36.8 Å². The summed E-state index contributed by atoms with van der Waals surface area (Å²) in [7, 11) is -2.09. The lowest BCUT2D eigenvalue weighted by Crippen LogP contribution is -2.51. The third-order valence-corrected chi connectivity index (χ3v) is 8.04. The molecule has 5 nitrogen and oxygen atoms in total. The molecule has 0 spiro atoms. The van der Waals surface area contributed by atoms with Crippen LogP contribution in [0.1, 0.15) is 122 Å². The minimum Gasteiger partial charge on any atom is -0.756 e. The van der Waals surface area contributed by atoms with Gasteiger partial charge in [0.2, 0.25) is 0 Å². The Morgan fingerprint density at radius 2 is 1.27 bits per heavy atom. The normalized spacial score (nSPS) is 22.7. The van der Waals surface area contributed by atoms with Crippen LogP contribution in [0.5, 0.6) is 0 Å². The van der Waals surface area contributed by atoms with Crippen molar-refractivity contribution in [2.45, 2.75) is 129 Å². The highest BCUT2D eigenvalue weighted by molar-refractivity contribution is 7.45. The van der Waals surface area contributed by atoms with Crippen molar-refractivity contribution in [2.75, 3.05) is 33.3 Å². The molecule has 1 rings (SSSR count). The Balaban J connectivity index is 1.88. The average molecular weight is 486 g/mol. The fourth-order valence-corrected chi connectivity index (χ4v) is 5.68. The molecule has 0 bridgehead atoms. The Labute approximate surface area is 205 Å². The van der Waals surface area contributed by atoms with E-state index in [2.05, 4.69) is 19.9 Å². The Morgan fingerprint density at radius 1 is 0.848 bits per heavy atom. The van der Waals surface area contributed by atoms with E-state index in [1.807, 2.05) is 0 Å². The lowest BCUT2D eigenvalue weighted by molar-refractivity contribution is -0.908. The van der Waals surface area contributed by atoms with Crippen LogP contribution >= 0.6 is 7.82 Å². The highest BCUT2D eigenvalue weighted by Crippen LogP contribution is 2.42. The van der Waals surface area contributed by atoms with Crippen LogP contribution < -0.4 is 4.89 Å². The molecule has 1 fully saturated rings. The summed E-state index contributed by atoms with van der Waals surface area (Å²) in [6, 6.07) is 0. The maximum absolute atomic E-state index is 12.1. The van der Waals surface area contributed by atoms with Crippen LogP contribution in [0, 0.1) is 12.3 Å². The molecule has 0 radical (unpaired) electrons. The predicted molar refractivity (Wildman–Crippen MR) is 137 cm³/mol. The second kappa shape index (κ2) is 18.9. The van der Waals surface area contributed by atoms with Gasteiger partial charge in [-0.15, -0.1) is 6.42 Å². The summed E-state index contributed by atoms with van der Waals surface area (Å²) in [6.45, 7) is 4.87. The highest BCUT2D eigenvalue weighted by Gasteiger charge is 2.31. The lowest BCUT2D eigenvalue weighted by atomic mass is 10.0. The Bertz CT molecular complexity index is 555. The molecule has 1 aliphatic heterocycles. The zero-order valence-electron chi connectivity index (χ0n) is 21.7. The monoisotopic (exact) mass is 485 g/mol. The summed E-state index contributed by atoms with van der Waals surface area (Å²) in [5.41, 5.74) is 0. The van der Waals surface area contributed by atoms with Crippen molar-refractivity contribution in [1.82, 2.24) is 0 Å². The number of nitrogens with zero attached hydrogens (tertiary/aromatic N) is 1. The topological polar surface area (TPSA) is 58.6 Å². The number of phosphoric acid groups is 1. The Kier molecular flexibility index (Phi) is 17.6. The van der Waals surface area contributed by atoms with E-state index < -0.39 is 7.82 Å². The maximum Gasteiger partial charge on any atom is 0.268 e. The van der Waals surface area contributed by atoms with E-state index in [1.165, 1.54) is 83.5 Å².